The van der Waals surface area contributed by atoms with E-state index in [1.807, 2.05) is 0 Å². The van der Waals surface area contributed by atoms with E-state index in [0.717, 1.165) is 12.5 Å². The first-order valence-electron chi connectivity index (χ1n) is 6.42. The molecular weight excluding hydrogens is 271 g/mol. The molecule has 0 saturated carbocycles. The van der Waals surface area contributed by atoms with Crippen LogP contribution in [-0.2, 0) is 4.74 Å². The molecule has 0 aromatic carbocycles. The number of rotatable bonds is 2. The summed E-state index contributed by atoms with van der Waals surface area (Å²) in [6.45, 7) is 4.47. The molecular formula is C14H18F3NO2. The van der Waals surface area contributed by atoms with E-state index >= 15 is 0 Å². The maximum Gasteiger partial charge on any atom is 0.417 e. The summed E-state index contributed by atoms with van der Waals surface area (Å²) >= 11 is 0. The average molecular weight is 289 g/mol. The Hall–Kier alpha value is -1.30. The molecule has 1 aromatic heterocycles. The summed E-state index contributed by atoms with van der Waals surface area (Å²) in [5.74, 6) is -0.518. The molecule has 3 atom stereocenters. The Morgan fingerprint density at radius 2 is 2.10 bits per heavy atom. The second-order valence-corrected chi connectivity index (χ2v) is 5.33. The van der Waals surface area contributed by atoms with Gasteiger partial charge in [0.25, 0.3) is 0 Å². The van der Waals surface area contributed by atoms with Crippen molar-refractivity contribution in [2.24, 2.45) is 5.92 Å². The van der Waals surface area contributed by atoms with Gasteiger partial charge in [-0.15, -0.1) is 0 Å². The van der Waals surface area contributed by atoms with Crippen LogP contribution in [0.1, 0.15) is 31.0 Å². The first-order valence-corrected chi connectivity index (χ1v) is 6.42. The second-order valence-electron chi connectivity index (χ2n) is 5.33. The van der Waals surface area contributed by atoms with Crippen LogP contribution in [0.25, 0.3) is 0 Å². The van der Waals surface area contributed by atoms with E-state index in [1.54, 1.807) is 26.1 Å². The molecule has 0 aliphatic carbocycles. The van der Waals surface area contributed by atoms with Crippen molar-refractivity contribution in [3.8, 4) is 5.75 Å². The maximum absolute atomic E-state index is 13.2. The lowest BCUT2D eigenvalue weighted by Crippen LogP contribution is -2.46. The number of aromatic nitrogens is 1. The van der Waals surface area contributed by atoms with Gasteiger partial charge in [-0.2, -0.15) is 13.2 Å². The summed E-state index contributed by atoms with van der Waals surface area (Å²) in [6.07, 6.45) is -2.81. The van der Waals surface area contributed by atoms with E-state index in [9.17, 15) is 13.2 Å². The zero-order valence-electron chi connectivity index (χ0n) is 11.9. The molecule has 2 heterocycles. The van der Waals surface area contributed by atoms with Gasteiger partial charge in [0.15, 0.2) is 5.60 Å². The molecule has 112 valence electrons. The van der Waals surface area contributed by atoms with E-state index < -0.39 is 17.7 Å². The van der Waals surface area contributed by atoms with E-state index in [1.165, 1.54) is 7.11 Å². The lowest BCUT2D eigenvalue weighted by atomic mass is 9.79. The fourth-order valence-corrected chi connectivity index (χ4v) is 2.75. The molecule has 1 fully saturated rings. The van der Waals surface area contributed by atoms with Crippen LogP contribution < -0.4 is 4.74 Å². The zero-order chi connectivity index (χ0) is 15.1. The van der Waals surface area contributed by atoms with Crippen LogP contribution in [-0.4, -0.2) is 30.5 Å². The SMILES string of the molecule is COc1c(C2COC(C)(C(F)(F)F)C2C)ccnc1C. The largest absolute Gasteiger partial charge is 0.495 e. The Balaban J connectivity index is 2.40. The third kappa shape index (κ3) is 2.16. The van der Waals surface area contributed by atoms with Crippen LogP contribution in [0.4, 0.5) is 13.2 Å². The van der Waals surface area contributed by atoms with Gasteiger partial charge in [-0.3, -0.25) is 4.98 Å². The van der Waals surface area contributed by atoms with Crippen LogP contribution in [0.3, 0.4) is 0 Å². The van der Waals surface area contributed by atoms with E-state index in [2.05, 4.69) is 4.98 Å². The number of aryl methyl sites for hydroxylation is 1. The predicted octanol–water partition coefficient (Wildman–Crippen LogP) is 3.47. The molecule has 20 heavy (non-hydrogen) atoms. The van der Waals surface area contributed by atoms with E-state index in [0.29, 0.717) is 11.4 Å². The Bertz CT molecular complexity index is 504. The normalized spacial score (nSPS) is 30.6. The number of halogens is 3. The summed E-state index contributed by atoms with van der Waals surface area (Å²) in [5.41, 5.74) is -0.738. The summed E-state index contributed by atoms with van der Waals surface area (Å²) in [4.78, 5) is 4.10. The molecule has 1 aromatic rings. The molecule has 0 amide bonds. The highest BCUT2D eigenvalue weighted by atomic mass is 19.4. The van der Waals surface area contributed by atoms with Crippen molar-refractivity contribution in [3.63, 3.8) is 0 Å². The van der Waals surface area contributed by atoms with Crippen molar-refractivity contribution in [1.82, 2.24) is 4.98 Å². The third-order valence-corrected chi connectivity index (χ3v) is 4.31. The van der Waals surface area contributed by atoms with Crippen molar-refractivity contribution < 1.29 is 22.6 Å². The number of alkyl halides is 3. The molecule has 1 aliphatic rings. The van der Waals surface area contributed by atoms with Crippen molar-refractivity contribution in [2.45, 2.75) is 38.5 Å². The highest BCUT2D eigenvalue weighted by Gasteiger charge is 2.61. The quantitative estimate of drug-likeness (QED) is 0.835. The summed E-state index contributed by atoms with van der Waals surface area (Å²) in [6, 6.07) is 1.71. The Labute approximate surface area is 116 Å². The first kappa shape index (κ1) is 15.1. The van der Waals surface area contributed by atoms with Gasteiger partial charge >= 0.3 is 6.18 Å². The molecule has 2 rings (SSSR count). The number of hydrogen-bond acceptors (Lipinski definition) is 3. The third-order valence-electron chi connectivity index (χ3n) is 4.31. The molecule has 1 saturated heterocycles. The van der Waals surface area contributed by atoms with E-state index in [-0.39, 0.29) is 12.5 Å². The Kier molecular flexibility index (Phi) is 3.71. The Morgan fingerprint density at radius 3 is 2.60 bits per heavy atom. The highest BCUT2D eigenvalue weighted by Crippen LogP contribution is 2.51. The molecule has 0 radical (unpaired) electrons. The maximum atomic E-state index is 13.2. The van der Waals surface area contributed by atoms with Gasteiger partial charge in [0.1, 0.15) is 5.75 Å². The molecule has 3 unspecified atom stereocenters. The number of methoxy groups -OCH3 is 1. The Morgan fingerprint density at radius 1 is 1.45 bits per heavy atom. The topological polar surface area (TPSA) is 31.4 Å². The standard InChI is InChI=1S/C14H18F3NO2/c1-8-11(7-20-13(8,3)14(15,16)17)10-5-6-18-9(2)12(10)19-4/h5-6,8,11H,7H2,1-4H3. The van der Waals surface area contributed by atoms with Crippen LogP contribution in [0.2, 0.25) is 0 Å². The highest BCUT2D eigenvalue weighted by molar-refractivity contribution is 5.40. The number of hydrogen-bond donors (Lipinski definition) is 0. The molecule has 0 N–H and O–H groups in total. The molecule has 0 spiro atoms. The van der Waals surface area contributed by atoms with Gasteiger partial charge in [-0.1, -0.05) is 6.92 Å². The van der Waals surface area contributed by atoms with Crippen molar-refractivity contribution in [3.05, 3.63) is 23.5 Å². The van der Waals surface area contributed by atoms with Gasteiger partial charge in [0.05, 0.1) is 19.4 Å². The van der Waals surface area contributed by atoms with Crippen molar-refractivity contribution in [1.29, 1.82) is 0 Å². The monoisotopic (exact) mass is 289 g/mol. The van der Waals surface area contributed by atoms with Crippen LogP contribution >= 0.6 is 0 Å². The van der Waals surface area contributed by atoms with Crippen molar-refractivity contribution >= 4 is 0 Å². The second kappa shape index (κ2) is 4.91. The van der Waals surface area contributed by atoms with E-state index in [4.69, 9.17) is 9.47 Å². The fraction of sp³-hybridized carbons (Fsp3) is 0.643. The van der Waals surface area contributed by atoms with Crippen LogP contribution in [0.15, 0.2) is 12.3 Å². The van der Waals surface area contributed by atoms with Crippen molar-refractivity contribution in [2.75, 3.05) is 13.7 Å². The summed E-state index contributed by atoms with van der Waals surface area (Å²) < 4.78 is 49.9. The van der Waals surface area contributed by atoms with Gasteiger partial charge in [-0.25, -0.2) is 0 Å². The lowest BCUT2D eigenvalue weighted by Gasteiger charge is -2.32. The minimum atomic E-state index is -4.39. The zero-order valence-corrected chi connectivity index (χ0v) is 11.9. The molecule has 0 bridgehead atoms. The lowest BCUT2D eigenvalue weighted by molar-refractivity contribution is -0.266. The van der Waals surface area contributed by atoms with Gasteiger partial charge < -0.3 is 9.47 Å². The predicted molar refractivity (Wildman–Crippen MR) is 67.8 cm³/mol. The molecule has 6 heteroatoms. The van der Waals surface area contributed by atoms with Gasteiger partial charge in [0, 0.05) is 23.6 Å². The summed E-state index contributed by atoms with van der Waals surface area (Å²) in [7, 11) is 1.50. The minimum Gasteiger partial charge on any atom is -0.495 e. The number of nitrogens with zero attached hydrogens (tertiary/aromatic N) is 1. The van der Waals surface area contributed by atoms with Gasteiger partial charge in [0.2, 0.25) is 0 Å². The summed E-state index contributed by atoms with van der Waals surface area (Å²) in [5, 5.41) is 0. The first-order chi connectivity index (χ1) is 9.22. The molecule has 1 aliphatic heterocycles. The fourth-order valence-electron chi connectivity index (χ4n) is 2.75. The minimum absolute atomic E-state index is 0.0248. The number of ether oxygens (including phenoxy) is 2. The number of pyridine rings is 1. The smallest absolute Gasteiger partial charge is 0.417 e. The molecule has 3 nitrogen and oxygen atoms in total. The van der Waals surface area contributed by atoms with Gasteiger partial charge in [-0.05, 0) is 19.9 Å². The average Bonchev–Trinajstić information content (AvgIpc) is 2.66. The van der Waals surface area contributed by atoms with Crippen LogP contribution in [0.5, 0.6) is 5.75 Å². The van der Waals surface area contributed by atoms with Crippen LogP contribution in [0, 0.1) is 12.8 Å².